The number of aliphatic carboxylic acids is 2. The van der Waals surface area contributed by atoms with Crippen LogP contribution in [0.15, 0.2) is 88.9 Å². The van der Waals surface area contributed by atoms with E-state index >= 15 is 0 Å². The number of hydrogen-bond donors (Lipinski definition) is 3. The molecule has 0 saturated heterocycles. The minimum atomic E-state index is -1.48. The largest absolute Gasteiger partial charge is 0.480 e. The van der Waals surface area contributed by atoms with E-state index in [1.54, 1.807) is 43.0 Å². The Balaban J connectivity index is 1.75. The number of aryl methyl sites for hydroxylation is 1. The highest BCUT2D eigenvalue weighted by atomic mass is 32.2. The Kier molecular flexibility index (Phi) is 7.71. The molecule has 0 aromatic heterocycles. The lowest BCUT2D eigenvalue weighted by Gasteiger charge is -2.33. The molecule has 4 rings (SSSR count). The molecule has 190 valence electrons. The fraction of sp³-hybridized carbons (Fsp3) is 0.226. The van der Waals surface area contributed by atoms with E-state index < -0.39 is 17.4 Å². The van der Waals surface area contributed by atoms with Crippen LogP contribution in [0.4, 0.5) is 0 Å². The van der Waals surface area contributed by atoms with Gasteiger partial charge in [0.1, 0.15) is 5.41 Å². The highest BCUT2D eigenvalue weighted by Crippen LogP contribution is 2.42. The van der Waals surface area contributed by atoms with Crippen molar-refractivity contribution >= 4 is 23.7 Å². The number of thioether (sulfide) groups is 1. The summed E-state index contributed by atoms with van der Waals surface area (Å²) < 4.78 is 0. The van der Waals surface area contributed by atoms with Crippen molar-refractivity contribution in [3.8, 4) is 11.1 Å². The lowest BCUT2D eigenvalue weighted by molar-refractivity contribution is -0.142. The minimum absolute atomic E-state index is 0.114. The average molecular weight is 514 g/mol. The maximum Gasteiger partial charge on any atom is 0.331 e. The molecule has 1 atom stereocenters. The van der Waals surface area contributed by atoms with Gasteiger partial charge in [0, 0.05) is 29.2 Å². The molecular weight excluding hydrogens is 482 g/mol. The second-order valence-corrected chi connectivity index (χ2v) is 10.5. The molecule has 1 aliphatic rings. The van der Waals surface area contributed by atoms with E-state index in [0.29, 0.717) is 16.9 Å². The summed E-state index contributed by atoms with van der Waals surface area (Å²) in [6, 6.07) is 20.1. The zero-order valence-electron chi connectivity index (χ0n) is 21.2. The third kappa shape index (κ3) is 5.13. The monoisotopic (exact) mass is 513 g/mol. The van der Waals surface area contributed by atoms with Crippen molar-refractivity contribution in [3.05, 3.63) is 112 Å². The Morgan fingerprint density at radius 1 is 1.00 bits per heavy atom. The molecule has 5 nitrogen and oxygen atoms in total. The van der Waals surface area contributed by atoms with Crippen LogP contribution in [0.1, 0.15) is 41.2 Å². The third-order valence-electron chi connectivity index (χ3n) is 7.15. The van der Waals surface area contributed by atoms with E-state index in [1.807, 2.05) is 12.1 Å². The number of carboxylic acid groups (broad SMARTS) is 2. The van der Waals surface area contributed by atoms with Crippen molar-refractivity contribution in [3.63, 3.8) is 0 Å². The zero-order valence-corrected chi connectivity index (χ0v) is 22.1. The van der Waals surface area contributed by atoms with Crippen LogP contribution in [0.5, 0.6) is 0 Å². The number of benzene rings is 3. The number of allylic oxidation sites excluding steroid dienone is 2. The van der Waals surface area contributed by atoms with Crippen molar-refractivity contribution < 1.29 is 19.8 Å². The summed E-state index contributed by atoms with van der Waals surface area (Å²) in [5, 5.41) is 20.2. The van der Waals surface area contributed by atoms with Crippen LogP contribution in [-0.2, 0) is 27.3 Å². The normalized spacial score (nSPS) is 17.2. The number of rotatable bonds is 8. The van der Waals surface area contributed by atoms with Gasteiger partial charge in [0.15, 0.2) is 0 Å². The van der Waals surface area contributed by atoms with Gasteiger partial charge in [0.2, 0.25) is 0 Å². The van der Waals surface area contributed by atoms with Gasteiger partial charge in [-0.2, -0.15) is 0 Å². The molecule has 37 heavy (non-hydrogen) atoms. The van der Waals surface area contributed by atoms with Gasteiger partial charge in [-0.05, 0) is 65.8 Å². The Morgan fingerprint density at radius 2 is 1.73 bits per heavy atom. The van der Waals surface area contributed by atoms with Crippen LogP contribution in [0.2, 0.25) is 0 Å². The third-order valence-corrected chi connectivity index (χ3v) is 8.33. The summed E-state index contributed by atoms with van der Waals surface area (Å²) in [6.45, 7) is 6.13. The molecule has 4 N–H and O–H groups in total. The molecular formula is C31H31NO4S. The number of carbonyl (C=O) groups is 2. The van der Waals surface area contributed by atoms with Crippen LogP contribution in [0, 0.1) is 13.8 Å². The summed E-state index contributed by atoms with van der Waals surface area (Å²) in [6.07, 6.45) is 3.13. The molecule has 0 spiro atoms. The lowest BCUT2D eigenvalue weighted by Crippen LogP contribution is -2.38. The standard InChI is InChI=1S/C31H31NO4S/c1-19-7-4-8-22(15-19)24-10-6-12-28(21(24)3)37-18-26-23(17-32)9-5-11-27(26)31(30(35)36)14-13-20(2)25(16-31)29(33)34/h4-15H,16-18,32H2,1-3H3,(H,33,34)(H,35,36). The maximum absolute atomic E-state index is 12.8. The molecule has 0 aliphatic heterocycles. The van der Waals surface area contributed by atoms with Gasteiger partial charge >= 0.3 is 11.9 Å². The SMILES string of the molecule is CC1=C(C(=O)O)CC(C(=O)O)(c2cccc(CN)c2CSc2cccc(-c3cccc(C)c3)c2C)C=C1. The Bertz CT molecular complexity index is 1440. The van der Waals surface area contributed by atoms with Crippen LogP contribution >= 0.6 is 11.8 Å². The van der Waals surface area contributed by atoms with Crippen LogP contribution in [-0.4, -0.2) is 22.2 Å². The molecule has 0 heterocycles. The molecule has 0 fully saturated rings. The van der Waals surface area contributed by atoms with Crippen LogP contribution < -0.4 is 5.73 Å². The Morgan fingerprint density at radius 3 is 2.41 bits per heavy atom. The minimum Gasteiger partial charge on any atom is -0.480 e. The smallest absolute Gasteiger partial charge is 0.331 e. The fourth-order valence-corrected chi connectivity index (χ4v) is 6.14. The second kappa shape index (κ2) is 10.8. The molecule has 0 amide bonds. The highest BCUT2D eigenvalue weighted by molar-refractivity contribution is 7.98. The number of nitrogens with two attached hydrogens (primary N) is 1. The Labute approximate surface area is 221 Å². The molecule has 3 aromatic carbocycles. The molecule has 0 saturated carbocycles. The second-order valence-electron chi connectivity index (χ2n) is 9.49. The first-order valence-corrected chi connectivity index (χ1v) is 13.1. The van der Waals surface area contributed by atoms with Gasteiger partial charge in [-0.25, -0.2) is 4.79 Å². The van der Waals surface area contributed by atoms with Gasteiger partial charge < -0.3 is 15.9 Å². The van der Waals surface area contributed by atoms with Gasteiger partial charge in [-0.15, -0.1) is 11.8 Å². The zero-order chi connectivity index (χ0) is 26.7. The van der Waals surface area contributed by atoms with Crippen molar-refractivity contribution in [1.29, 1.82) is 0 Å². The molecule has 0 bridgehead atoms. The molecule has 3 aromatic rings. The lowest BCUT2D eigenvalue weighted by atomic mass is 9.69. The number of hydrogen-bond acceptors (Lipinski definition) is 4. The molecule has 0 radical (unpaired) electrons. The van der Waals surface area contributed by atoms with E-state index in [1.165, 1.54) is 5.56 Å². The van der Waals surface area contributed by atoms with Crippen molar-refractivity contribution in [2.45, 2.75) is 49.8 Å². The summed E-state index contributed by atoms with van der Waals surface area (Å²) in [5.74, 6) is -1.66. The predicted octanol–water partition coefficient (Wildman–Crippen LogP) is 6.40. The van der Waals surface area contributed by atoms with E-state index in [0.717, 1.165) is 32.7 Å². The predicted molar refractivity (Wildman–Crippen MR) is 149 cm³/mol. The first-order chi connectivity index (χ1) is 17.7. The van der Waals surface area contributed by atoms with Gasteiger partial charge in [-0.1, -0.05) is 72.3 Å². The van der Waals surface area contributed by atoms with Crippen molar-refractivity contribution in [2.75, 3.05) is 0 Å². The fourth-order valence-electron chi connectivity index (χ4n) is 5.00. The number of carboxylic acids is 2. The average Bonchev–Trinajstić information content (AvgIpc) is 2.88. The van der Waals surface area contributed by atoms with E-state index in [9.17, 15) is 19.8 Å². The maximum atomic E-state index is 12.8. The van der Waals surface area contributed by atoms with Gasteiger partial charge in [0.25, 0.3) is 0 Å². The van der Waals surface area contributed by atoms with Gasteiger partial charge in [0.05, 0.1) is 0 Å². The van der Waals surface area contributed by atoms with E-state index in [2.05, 4.69) is 50.2 Å². The van der Waals surface area contributed by atoms with Crippen LogP contribution in [0.25, 0.3) is 11.1 Å². The van der Waals surface area contributed by atoms with Gasteiger partial charge in [-0.3, -0.25) is 4.79 Å². The highest BCUT2D eigenvalue weighted by Gasteiger charge is 2.43. The molecule has 1 unspecified atom stereocenters. The van der Waals surface area contributed by atoms with Crippen LogP contribution in [0.3, 0.4) is 0 Å². The molecule has 1 aliphatic carbocycles. The topological polar surface area (TPSA) is 101 Å². The first-order valence-electron chi connectivity index (χ1n) is 12.1. The Hall–Kier alpha value is -3.61. The first kappa shape index (κ1) is 26.5. The van der Waals surface area contributed by atoms with E-state index in [-0.39, 0.29) is 18.5 Å². The van der Waals surface area contributed by atoms with Crippen molar-refractivity contribution in [2.24, 2.45) is 5.73 Å². The summed E-state index contributed by atoms with van der Waals surface area (Å²) >= 11 is 1.64. The quantitative estimate of drug-likeness (QED) is 0.301. The van der Waals surface area contributed by atoms with Crippen molar-refractivity contribution in [1.82, 2.24) is 0 Å². The molecule has 6 heteroatoms. The summed E-state index contributed by atoms with van der Waals surface area (Å²) in [5.41, 5.74) is 12.3. The summed E-state index contributed by atoms with van der Waals surface area (Å²) in [4.78, 5) is 25.8. The van der Waals surface area contributed by atoms with E-state index in [4.69, 9.17) is 5.73 Å². The summed E-state index contributed by atoms with van der Waals surface area (Å²) in [7, 11) is 0.